The van der Waals surface area contributed by atoms with Crippen molar-refractivity contribution in [3.63, 3.8) is 0 Å². The number of benzene rings is 2. The Labute approximate surface area is 152 Å². The maximum absolute atomic E-state index is 12.6. The third kappa shape index (κ3) is 3.60. The van der Waals surface area contributed by atoms with Crippen LogP contribution >= 0.6 is 0 Å². The summed E-state index contributed by atoms with van der Waals surface area (Å²) in [4.78, 5) is 14.8. The third-order valence-electron chi connectivity index (χ3n) is 4.89. The molecule has 2 N–H and O–H groups in total. The molecule has 1 unspecified atom stereocenters. The molecule has 0 bridgehead atoms. The molecule has 136 valence electrons. The lowest BCUT2D eigenvalue weighted by atomic mass is 9.96. The minimum absolute atomic E-state index is 0.0517. The summed E-state index contributed by atoms with van der Waals surface area (Å²) in [5.74, 6) is 1.43. The second-order valence-electron chi connectivity index (χ2n) is 6.76. The van der Waals surface area contributed by atoms with Crippen LogP contribution < -0.4 is 14.8 Å². The molecule has 0 radical (unpaired) electrons. The summed E-state index contributed by atoms with van der Waals surface area (Å²) in [6.07, 6.45) is 1.83. The van der Waals surface area contributed by atoms with Crippen LogP contribution in [0.2, 0.25) is 0 Å². The quantitative estimate of drug-likeness (QED) is 0.883. The fourth-order valence-electron chi connectivity index (χ4n) is 3.52. The molecule has 1 amide bonds. The molecule has 0 aromatic heterocycles. The molecule has 0 saturated carbocycles. The van der Waals surface area contributed by atoms with Crippen molar-refractivity contribution in [2.75, 3.05) is 25.2 Å². The fraction of sp³-hybridized carbons (Fsp3) is 0.350. The number of ether oxygens (including phenoxy) is 2. The van der Waals surface area contributed by atoms with E-state index in [4.69, 9.17) is 9.47 Å². The Balaban J connectivity index is 1.40. The highest BCUT2D eigenvalue weighted by Gasteiger charge is 2.27. The van der Waals surface area contributed by atoms with E-state index in [9.17, 15) is 9.90 Å². The number of carbonyl (C=O) groups is 1. The highest BCUT2D eigenvalue weighted by Crippen LogP contribution is 2.38. The van der Waals surface area contributed by atoms with Crippen molar-refractivity contribution in [2.24, 2.45) is 5.92 Å². The van der Waals surface area contributed by atoms with E-state index in [2.05, 4.69) is 10.2 Å². The fourth-order valence-corrected chi connectivity index (χ4v) is 3.52. The number of rotatable bonds is 4. The van der Waals surface area contributed by atoms with Crippen LogP contribution in [0, 0.1) is 5.92 Å². The molecule has 1 saturated heterocycles. The number of nitrogens with zero attached hydrogens (tertiary/aromatic N) is 1. The normalized spacial score (nSPS) is 19.3. The summed E-state index contributed by atoms with van der Waals surface area (Å²) in [6, 6.07) is 12.9. The minimum atomic E-state index is -0.0555. The van der Waals surface area contributed by atoms with Crippen molar-refractivity contribution in [2.45, 2.75) is 19.4 Å². The first-order valence-corrected chi connectivity index (χ1v) is 8.89. The molecule has 2 aromatic rings. The average molecular weight is 354 g/mol. The van der Waals surface area contributed by atoms with Gasteiger partial charge in [-0.25, -0.2) is 0 Å². The van der Waals surface area contributed by atoms with Crippen LogP contribution in [0.1, 0.15) is 18.4 Å². The number of phenols is 1. The molecule has 2 aromatic carbocycles. The summed E-state index contributed by atoms with van der Waals surface area (Å²) in [5, 5.41) is 13.2. The van der Waals surface area contributed by atoms with Gasteiger partial charge in [-0.3, -0.25) is 9.69 Å². The summed E-state index contributed by atoms with van der Waals surface area (Å²) in [5.41, 5.74) is 1.61. The third-order valence-corrected chi connectivity index (χ3v) is 4.89. The number of amides is 1. The molecular formula is C20H22N2O4. The number of anilines is 1. The number of hydrogen-bond donors (Lipinski definition) is 2. The number of hydrogen-bond acceptors (Lipinski definition) is 5. The van der Waals surface area contributed by atoms with Crippen LogP contribution in [-0.4, -0.2) is 35.8 Å². The van der Waals surface area contributed by atoms with Gasteiger partial charge < -0.3 is 19.9 Å². The van der Waals surface area contributed by atoms with Crippen molar-refractivity contribution in [1.29, 1.82) is 0 Å². The molecule has 0 aliphatic carbocycles. The number of para-hydroxylation sites is 1. The van der Waals surface area contributed by atoms with Gasteiger partial charge in [-0.1, -0.05) is 18.2 Å². The highest BCUT2D eigenvalue weighted by molar-refractivity contribution is 5.92. The Morgan fingerprint density at radius 1 is 1.19 bits per heavy atom. The average Bonchev–Trinajstić information content (AvgIpc) is 3.10. The molecule has 6 nitrogen and oxygen atoms in total. The second kappa shape index (κ2) is 7.25. The van der Waals surface area contributed by atoms with Crippen LogP contribution in [0.4, 0.5) is 5.69 Å². The maximum atomic E-state index is 12.6. The Morgan fingerprint density at radius 3 is 2.77 bits per heavy atom. The minimum Gasteiger partial charge on any atom is -0.507 e. The van der Waals surface area contributed by atoms with Gasteiger partial charge in [0.15, 0.2) is 11.5 Å². The van der Waals surface area contributed by atoms with Crippen molar-refractivity contribution in [1.82, 2.24) is 4.90 Å². The lowest BCUT2D eigenvalue weighted by molar-refractivity contribution is -0.121. The first-order chi connectivity index (χ1) is 12.7. The number of carbonyl (C=O) groups excluding carboxylic acids is 1. The summed E-state index contributed by atoms with van der Waals surface area (Å²) in [7, 11) is 0. The Kier molecular flexibility index (Phi) is 4.67. The second-order valence-corrected chi connectivity index (χ2v) is 6.76. The maximum Gasteiger partial charge on any atom is 0.231 e. The molecule has 6 heteroatoms. The molecule has 2 aliphatic rings. The van der Waals surface area contributed by atoms with Gasteiger partial charge in [-0.2, -0.15) is 0 Å². The van der Waals surface area contributed by atoms with E-state index in [0.717, 1.165) is 30.6 Å². The van der Waals surface area contributed by atoms with Gasteiger partial charge >= 0.3 is 0 Å². The SMILES string of the molecule is O=C(Nc1ccccc1)C1CCCN(Cc2cc3c(cc2O)OCO3)C1. The van der Waals surface area contributed by atoms with Crippen molar-refractivity contribution >= 4 is 11.6 Å². The van der Waals surface area contributed by atoms with Crippen LogP contribution in [0.25, 0.3) is 0 Å². The lowest BCUT2D eigenvalue weighted by Gasteiger charge is -2.32. The van der Waals surface area contributed by atoms with Gasteiger partial charge in [0.05, 0.1) is 5.92 Å². The van der Waals surface area contributed by atoms with Gasteiger partial charge in [0, 0.05) is 30.4 Å². The van der Waals surface area contributed by atoms with Crippen LogP contribution in [-0.2, 0) is 11.3 Å². The molecule has 4 rings (SSSR count). The first-order valence-electron chi connectivity index (χ1n) is 8.89. The smallest absolute Gasteiger partial charge is 0.231 e. The van der Waals surface area contributed by atoms with Gasteiger partial charge in [-0.05, 0) is 37.6 Å². The zero-order chi connectivity index (χ0) is 17.9. The molecule has 0 spiro atoms. The molecule has 2 heterocycles. The Morgan fingerprint density at radius 2 is 1.96 bits per heavy atom. The lowest BCUT2D eigenvalue weighted by Crippen LogP contribution is -2.40. The standard InChI is InChI=1S/C20H22N2O4/c23-17-10-19-18(25-13-26-19)9-15(17)12-22-8-4-5-14(11-22)20(24)21-16-6-2-1-3-7-16/h1-3,6-7,9-10,14,23H,4-5,8,11-13H2,(H,21,24). The van der Waals surface area contributed by atoms with E-state index < -0.39 is 0 Å². The van der Waals surface area contributed by atoms with E-state index in [0.29, 0.717) is 24.6 Å². The molecular weight excluding hydrogens is 332 g/mol. The van der Waals surface area contributed by atoms with Crippen molar-refractivity contribution < 1.29 is 19.4 Å². The van der Waals surface area contributed by atoms with E-state index in [1.165, 1.54) is 0 Å². The number of fused-ring (bicyclic) bond motifs is 1. The predicted molar refractivity (Wildman–Crippen MR) is 97.3 cm³/mol. The summed E-state index contributed by atoms with van der Waals surface area (Å²) < 4.78 is 10.7. The molecule has 26 heavy (non-hydrogen) atoms. The summed E-state index contributed by atoms with van der Waals surface area (Å²) in [6.45, 7) is 2.34. The molecule has 2 aliphatic heterocycles. The summed E-state index contributed by atoms with van der Waals surface area (Å²) >= 11 is 0. The first kappa shape index (κ1) is 16.7. The van der Waals surface area contributed by atoms with Gasteiger partial charge in [0.1, 0.15) is 5.75 Å². The van der Waals surface area contributed by atoms with Crippen LogP contribution in [0.5, 0.6) is 17.2 Å². The zero-order valence-electron chi connectivity index (χ0n) is 14.5. The number of aromatic hydroxyl groups is 1. The van der Waals surface area contributed by atoms with E-state index in [1.807, 2.05) is 36.4 Å². The number of piperidine rings is 1. The number of likely N-dealkylation sites (tertiary alicyclic amines) is 1. The van der Waals surface area contributed by atoms with Gasteiger partial charge in [0.2, 0.25) is 12.7 Å². The highest BCUT2D eigenvalue weighted by atomic mass is 16.7. The van der Waals surface area contributed by atoms with E-state index in [-0.39, 0.29) is 24.4 Å². The Hall–Kier alpha value is -2.73. The topological polar surface area (TPSA) is 71.0 Å². The number of phenolic OH excluding ortho intramolecular Hbond substituents is 1. The molecule has 1 fully saturated rings. The van der Waals surface area contributed by atoms with Crippen molar-refractivity contribution in [3.8, 4) is 17.2 Å². The van der Waals surface area contributed by atoms with Gasteiger partial charge in [-0.15, -0.1) is 0 Å². The van der Waals surface area contributed by atoms with E-state index in [1.54, 1.807) is 6.07 Å². The van der Waals surface area contributed by atoms with E-state index >= 15 is 0 Å². The van der Waals surface area contributed by atoms with Gasteiger partial charge in [0.25, 0.3) is 0 Å². The Bertz CT molecular complexity index is 794. The largest absolute Gasteiger partial charge is 0.507 e. The monoisotopic (exact) mass is 354 g/mol. The zero-order valence-corrected chi connectivity index (χ0v) is 14.5. The number of nitrogens with one attached hydrogen (secondary N) is 1. The predicted octanol–water partition coefficient (Wildman–Crippen LogP) is 2.97. The van der Waals surface area contributed by atoms with Crippen LogP contribution in [0.3, 0.4) is 0 Å². The van der Waals surface area contributed by atoms with Crippen molar-refractivity contribution in [3.05, 3.63) is 48.0 Å². The van der Waals surface area contributed by atoms with Crippen LogP contribution in [0.15, 0.2) is 42.5 Å². The molecule has 1 atom stereocenters.